The maximum Gasteiger partial charge on any atom is 0.269 e. The Balaban J connectivity index is 1.70. The summed E-state index contributed by atoms with van der Waals surface area (Å²) >= 11 is 0. The largest absolute Gasteiger partial charge is 0.462 e. The smallest absolute Gasteiger partial charge is 0.269 e. The third kappa shape index (κ3) is 3.35. The monoisotopic (exact) mass is 341 g/mol. The van der Waals surface area contributed by atoms with Crippen LogP contribution in [-0.4, -0.2) is 58.2 Å². The minimum absolute atomic E-state index is 0.0797. The predicted molar refractivity (Wildman–Crippen MR) is 79.3 cm³/mol. The lowest BCUT2D eigenvalue weighted by Gasteiger charge is -2.48. The second-order valence-corrected chi connectivity index (χ2v) is 6.19. The Morgan fingerprint density at radius 3 is 2.54 bits per heavy atom. The summed E-state index contributed by atoms with van der Waals surface area (Å²) in [7, 11) is 0. The summed E-state index contributed by atoms with van der Waals surface area (Å²) < 4.78 is 22.2. The molecule has 2 N–H and O–H groups in total. The standard InChI is InChI=1S/C15H19NO8/c1-15(2)21-7-10-13(24-15)11(17)12(18)14(23-10)22-9-5-3-8(4-6-9)16(19)20/h3-6,10-14,17-18H,7H2,1-2H3/t10-,11+,12+,13-,14-/m0/s1. The van der Waals surface area contributed by atoms with E-state index >= 15 is 0 Å². The van der Waals surface area contributed by atoms with Crippen LogP contribution in [0.1, 0.15) is 13.8 Å². The average molecular weight is 341 g/mol. The van der Waals surface area contributed by atoms with Gasteiger partial charge in [-0.1, -0.05) is 0 Å². The Morgan fingerprint density at radius 2 is 1.92 bits per heavy atom. The number of nitro benzene ring substituents is 1. The van der Waals surface area contributed by atoms with E-state index in [9.17, 15) is 20.3 Å². The molecule has 2 heterocycles. The number of nitrogens with zero attached hydrogens (tertiary/aromatic N) is 1. The van der Waals surface area contributed by atoms with Crippen molar-refractivity contribution in [2.45, 2.75) is 50.3 Å². The lowest BCUT2D eigenvalue weighted by molar-refractivity contribution is -0.385. The number of rotatable bonds is 3. The summed E-state index contributed by atoms with van der Waals surface area (Å²) in [5, 5.41) is 31.2. The van der Waals surface area contributed by atoms with Crippen molar-refractivity contribution in [2.24, 2.45) is 0 Å². The molecule has 3 rings (SSSR count). The Morgan fingerprint density at radius 1 is 1.25 bits per heavy atom. The van der Waals surface area contributed by atoms with E-state index < -0.39 is 41.4 Å². The molecule has 132 valence electrons. The van der Waals surface area contributed by atoms with E-state index in [2.05, 4.69) is 0 Å². The van der Waals surface area contributed by atoms with Gasteiger partial charge in [0.1, 0.15) is 30.2 Å². The molecular weight excluding hydrogens is 322 g/mol. The van der Waals surface area contributed by atoms with Gasteiger partial charge in [-0.05, 0) is 26.0 Å². The van der Waals surface area contributed by atoms with Crippen molar-refractivity contribution in [3.8, 4) is 5.75 Å². The fourth-order valence-electron chi connectivity index (χ4n) is 2.71. The molecule has 0 aromatic heterocycles. The number of hydrogen-bond acceptors (Lipinski definition) is 8. The molecule has 9 nitrogen and oxygen atoms in total. The van der Waals surface area contributed by atoms with E-state index in [1.165, 1.54) is 24.3 Å². The molecule has 2 saturated heterocycles. The van der Waals surface area contributed by atoms with Gasteiger partial charge in [0.25, 0.3) is 5.69 Å². The van der Waals surface area contributed by atoms with E-state index in [0.29, 0.717) is 0 Å². The van der Waals surface area contributed by atoms with E-state index in [1.807, 2.05) is 0 Å². The highest BCUT2D eigenvalue weighted by Gasteiger charge is 2.51. The third-order valence-corrected chi connectivity index (χ3v) is 3.96. The lowest BCUT2D eigenvalue weighted by atomic mass is 9.97. The summed E-state index contributed by atoms with van der Waals surface area (Å²) in [6, 6.07) is 5.34. The van der Waals surface area contributed by atoms with E-state index in [0.717, 1.165) is 0 Å². The van der Waals surface area contributed by atoms with Crippen LogP contribution < -0.4 is 4.74 Å². The minimum Gasteiger partial charge on any atom is -0.462 e. The van der Waals surface area contributed by atoms with E-state index in [4.69, 9.17) is 18.9 Å². The lowest BCUT2D eigenvalue weighted by Crippen LogP contribution is -2.65. The fourth-order valence-corrected chi connectivity index (χ4v) is 2.71. The molecule has 0 aliphatic carbocycles. The topological polar surface area (TPSA) is 121 Å². The summed E-state index contributed by atoms with van der Waals surface area (Å²) in [4.78, 5) is 10.1. The molecular formula is C15H19NO8. The van der Waals surface area contributed by atoms with Crippen molar-refractivity contribution in [1.82, 2.24) is 0 Å². The summed E-state index contributed by atoms with van der Waals surface area (Å²) in [5.41, 5.74) is -0.0797. The first-order valence-corrected chi connectivity index (χ1v) is 7.51. The normalized spacial score (nSPS) is 35.1. The molecule has 24 heavy (non-hydrogen) atoms. The van der Waals surface area contributed by atoms with Crippen LogP contribution in [0.5, 0.6) is 5.75 Å². The number of aliphatic hydroxyl groups excluding tert-OH is 2. The van der Waals surface area contributed by atoms with Crippen LogP contribution in [0.25, 0.3) is 0 Å². The maximum absolute atomic E-state index is 10.6. The molecule has 2 aliphatic rings. The van der Waals surface area contributed by atoms with Gasteiger partial charge in [-0.2, -0.15) is 0 Å². The summed E-state index contributed by atoms with van der Waals surface area (Å²) in [5.74, 6) is -0.606. The highest BCUT2D eigenvalue weighted by atomic mass is 16.8. The highest BCUT2D eigenvalue weighted by Crippen LogP contribution is 2.33. The van der Waals surface area contributed by atoms with Crippen molar-refractivity contribution < 1.29 is 34.1 Å². The minimum atomic E-state index is -1.34. The molecule has 0 amide bonds. The molecule has 2 aliphatic heterocycles. The number of nitro groups is 1. The van der Waals surface area contributed by atoms with Crippen LogP contribution in [-0.2, 0) is 14.2 Å². The number of hydrogen-bond donors (Lipinski definition) is 2. The SMILES string of the molecule is CC1(C)OC[C@@H]2O[C@H](Oc3ccc([N+](=O)[O-])cc3)[C@H](O)[C@@H](O)[C@H]2O1. The molecule has 0 radical (unpaired) electrons. The Hall–Kier alpha value is -1.78. The van der Waals surface area contributed by atoms with Crippen LogP contribution in [0.4, 0.5) is 5.69 Å². The number of fused-ring (bicyclic) bond motifs is 1. The summed E-state index contributed by atoms with van der Waals surface area (Å²) in [6.07, 6.45) is -5.03. The van der Waals surface area contributed by atoms with Crippen LogP contribution in [0.2, 0.25) is 0 Å². The van der Waals surface area contributed by atoms with Crippen molar-refractivity contribution in [2.75, 3.05) is 6.61 Å². The predicted octanol–water partition coefficient (Wildman–Crippen LogP) is 0.572. The van der Waals surface area contributed by atoms with Gasteiger partial charge in [0.2, 0.25) is 6.29 Å². The van der Waals surface area contributed by atoms with Crippen LogP contribution >= 0.6 is 0 Å². The molecule has 1 aromatic carbocycles. The molecule has 1 aromatic rings. The van der Waals surface area contributed by atoms with Crippen molar-refractivity contribution in [3.05, 3.63) is 34.4 Å². The van der Waals surface area contributed by atoms with Crippen LogP contribution in [0.15, 0.2) is 24.3 Å². The van der Waals surface area contributed by atoms with E-state index in [-0.39, 0.29) is 18.0 Å². The van der Waals surface area contributed by atoms with Gasteiger partial charge in [-0.25, -0.2) is 0 Å². The number of aliphatic hydroxyl groups is 2. The molecule has 0 unspecified atom stereocenters. The van der Waals surface area contributed by atoms with Crippen LogP contribution in [0, 0.1) is 10.1 Å². The Kier molecular flexibility index (Phi) is 4.45. The van der Waals surface area contributed by atoms with Gasteiger partial charge in [0.05, 0.1) is 11.5 Å². The van der Waals surface area contributed by atoms with Gasteiger partial charge in [-0.3, -0.25) is 10.1 Å². The van der Waals surface area contributed by atoms with Crippen molar-refractivity contribution in [1.29, 1.82) is 0 Å². The van der Waals surface area contributed by atoms with Gasteiger partial charge < -0.3 is 29.2 Å². The first-order chi connectivity index (χ1) is 11.3. The second kappa shape index (κ2) is 6.26. The average Bonchev–Trinajstić information content (AvgIpc) is 2.53. The van der Waals surface area contributed by atoms with Gasteiger partial charge in [-0.15, -0.1) is 0 Å². The first kappa shape index (κ1) is 17.1. The zero-order valence-electron chi connectivity index (χ0n) is 13.2. The molecule has 0 saturated carbocycles. The van der Waals surface area contributed by atoms with Gasteiger partial charge >= 0.3 is 0 Å². The highest BCUT2D eigenvalue weighted by molar-refractivity contribution is 5.36. The first-order valence-electron chi connectivity index (χ1n) is 7.51. The summed E-state index contributed by atoms with van der Waals surface area (Å²) in [6.45, 7) is 3.60. The Labute approximate surface area is 137 Å². The number of non-ortho nitro benzene ring substituents is 1. The Bertz CT molecular complexity index is 602. The fraction of sp³-hybridized carbons (Fsp3) is 0.600. The zero-order chi connectivity index (χ0) is 17.5. The zero-order valence-corrected chi connectivity index (χ0v) is 13.2. The number of ether oxygens (including phenoxy) is 4. The van der Waals surface area contributed by atoms with Crippen LogP contribution in [0.3, 0.4) is 0 Å². The molecule has 0 bridgehead atoms. The van der Waals surface area contributed by atoms with Gasteiger partial charge in [0, 0.05) is 12.1 Å². The van der Waals surface area contributed by atoms with Crippen molar-refractivity contribution >= 4 is 5.69 Å². The molecule has 2 fully saturated rings. The van der Waals surface area contributed by atoms with E-state index in [1.54, 1.807) is 13.8 Å². The van der Waals surface area contributed by atoms with Crippen molar-refractivity contribution in [3.63, 3.8) is 0 Å². The third-order valence-electron chi connectivity index (χ3n) is 3.96. The molecule has 9 heteroatoms. The molecule has 0 spiro atoms. The molecule has 5 atom stereocenters. The number of benzene rings is 1. The second-order valence-electron chi connectivity index (χ2n) is 6.19. The van der Waals surface area contributed by atoms with Gasteiger partial charge in [0.15, 0.2) is 5.79 Å². The maximum atomic E-state index is 10.6. The quantitative estimate of drug-likeness (QED) is 0.605.